The molecule has 0 fully saturated rings. The molecule has 0 unspecified atom stereocenters. The minimum Gasteiger partial charge on any atom is -0.504 e. The molecule has 0 amide bonds. The van der Waals surface area contributed by atoms with Gasteiger partial charge in [-0.05, 0) is 23.1 Å². The molecule has 0 radical (unpaired) electrons. The molecule has 0 saturated carbocycles. The van der Waals surface area contributed by atoms with E-state index in [1.54, 1.807) is 12.1 Å². The molecule has 0 heterocycles. The van der Waals surface area contributed by atoms with Gasteiger partial charge in [-0.25, -0.2) is 0 Å². The molecule has 16 heavy (non-hydrogen) atoms. The number of methoxy groups -OCH3 is 1. The Balaban J connectivity index is 0.00000225. The molecule has 0 aliphatic carbocycles. The molecule has 3 N–H and O–H groups in total. The zero-order valence-electron chi connectivity index (χ0n) is 10.2. The fraction of sp³-hybridized carbons (Fsp3) is 0.500. The maximum absolute atomic E-state index is 9.63. The largest absolute Gasteiger partial charge is 0.504 e. The van der Waals surface area contributed by atoms with Crippen molar-refractivity contribution in [2.75, 3.05) is 7.11 Å². The van der Waals surface area contributed by atoms with Crippen molar-refractivity contribution >= 4 is 12.4 Å². The molecule has 1 atom stereocenters. The van der Waals surface area contributed by atoms with Crippen LogP contribution in [-0.4, -0.2) is 12.2 Å². The zero-order chi connectivity index (χ0) is 11.6. The smallest absolute Gasteiger partial charge is 0.160 e. The Kier molecular flexibility index (Phi) is 5.10. The first-order valence-corrected chi connectivity index (χ1v) is 4.98. The van der Waals surface area contributed by atoms with Crippen molar-refractivity contribution in [2.45, 2.75) is 26.8 Å². The lowest BCUT2D eigenvalue weighted by atomic mass is 9.83. The molecule has 1 rings (SSSR count). The van der Waals surface area contributed by atoms with Crippen LogP contribution in [0.3, 0.4) is 0 Å². The number of rotatable bonds is 2. The summed E-state index contributed by atoms with van der Waals surface area (Å²) in [4.78, 5) is 0. The number of nitrogens with two attached hydrogens (primary N) is 1. The molecule has 92 valence electrons. The van der Waals surface area contributed by atoms with Gasteiger partial charge < -0.3 is 15.6 Å². The molecular weight excluding hydrogens is 226 g/mol. The molecule has 1 aromatic carbocycles. The second-order valence-electron chi connectivity index (χ2n) is 4.77. The third kappa shape index (κ3) is 3.29. The third-order valence-corrected chi connectivity index (χ3v) is 2.50. The summed E-state index contributed by atoms with van der Waals surface area (Å²) in [5.74, 6) is 0.606. The average molecular weight is 246 g/mol. The first-order chi connectivity index (χ1) is 6.86. The predicted octanol–water partition coefficient (Wildman–Crippen LogP) is 2.87. The van der Waals surface area contributed by atoms with Gasteiger partial charge in [-0.1, -0.05) is 26.8 Å². The van der Waals surface area contributed by atoms with Gasteiger partial charge in [0.2, 0.25) is 0 Å². The van der Waals surface area contributed by atoms with Crippen LogP contribution in [0, 0.1) is 5.41 Å². The summed E-state index contributed by atoms with van der Waals surface area (Å²) in [6.07, 6.45) is 0. The third-order valence-electron chi connectivity index (χ3n) is 2.50. The standard InChI is InChI=1S/C12H19NO2.ClH/c1-12(2,3)11(13)8-5-6-10(15-4)9(14)7-8;/h5-7,11,14H,13H2,1-4H3;1H/t11-;/m0./s1. The lowest BCUT2D eigenvalue weighted by Crippen LogP contribution is -2.26. The van der Waals surface area contributed by atoms with E-state index < -0.39 is 0 Å². The maximum Gasteiger partial charge on any atom is 0.160 e. The van der Waals surface area contributed by atoms with Crippen molar-refractivity contribution in [1.82, 2.24) is 0 Å². The van der Waals surface area contributed by atoms with Crippen molar-refractivity contribution in [1.29, 1.82) is 0 Å². The Labute approximate surface area is 103 Å². The van der Waals surface area contributed by atoms with Crippen molar-refractivity contribution in [2.24, 2.45) is 11.1 Å². The number of hydrogen-bond donors (Lipinski definition) is 2. The van der Waals surface area contributed by atoms with E-state index in [-0.39, 0.29) is 29.6 Å². The SMILES string of the molecule is COc1ccc([C@H](N)C(C)(C)C)cc1O.Cl. The lowest BCUT2D eigenvalue weighted by molar-refractivity contribution is 0.324. The molecule has 3 nitrogen and oxygen atoms in total. The summed E-state index contributed by atoms with van der Waals surface area (Å²) in [5.41, 5.74) is 6.97. The van der Waals surface area contributed by atoms with Crippen molar-refractivity contribution < 1.29 is 9.84 Å². The first-order valence-electron chi connectivity index (χ1n) is 4.98. The highest BCUT2D eigenvalue weighted by Crippen LogP contribution is 2.34. The summed E-state index contributed by atoms with van der Waals surface area (Å²) in [7, 11) is 1.53. The van der Waals surface area contributed by atoms with Crippen LogP contribution in [0.25, 0.3) is 0 Å². The Bertz CT molecular complexity index is 347. The molecular formula is C12H20ClNO2. The Morgan fingerprint density at radius 1 is 1.31 bits per heavy atom. The van der Waals surface area contributed by atoms with Crippen LogP contribution in [0.4, 0.5) is 0 Å². The number of hydrogen-bond acceptors (Lipinski definition) is 3. The minimum absolute atomic E-state index is 0. The molecule has 0 aliphatic heterocycles. The molecule has 0 spiro atoms. The van der Waals surface area contributed by atoms with Crippen LogP contribution in [0.1, 0.15) is 32.4 Å². The first kappa shape index (κ1) is 15.1. The summed E-state index contributed by atoms with van der Waals surface area (Å²) in [6, 6.07) is 5.17. The lowest BCUT2D eigenvalue weighted by Gasteiger charge is -2.27. The number of halogens is 1. The minimum atomic E-state index is -0.102. The van der Waals surface area contributed by atoms with Crippen LogP contribution >= 0.6 is 12.4 Å². The fourth-order valence-corrected chi connectivity index (χ4v) is 1.40. The van der Waals surface area contributed by atoms with Gasteiger partial charge >= 0.3 is 0 Å². The average Bonchev–Trinajstić information content (AvgIpc) is 2.15. The van der Waals surface area contributed by atoms with E-state index in [1.807, 2.05) is 6.07 Å². The number of phenolic OH excluding ortho intramolecular Hbond substituents is 1. The van der Waals surface area contributed by atoms with Gasteiger partial charge in [-0.3, -0.25) is 0 Å². The number of ether oxygens (including phenoxy) is 1. The van der Waals surface area contributed by atoms with E-state index in [9.17, 15) is 5.11 Å². The van der Waals surface area contributed by atoms with Crippen molar-refractivity contribution in [3.63, 3.8) is 0 Å². The van der Waals surface area contributed by atoms with Crippen LogP contribution in [0.2, 0.25) is 0 Å². The topological polar surface area (TPSA) is 55.5 Å². The van der Waals surface area contributed by atoms with Gasteiger partial charge in [0.1, 0.15) is 0 Å². The molecule has 0 bridgehead atoms. The molecule has 1 aromatic rings. The van der Waals surface area contributed by atoms with Crippen LogP contribution in [0.5, 0.6) is 11.5 Å². The van der Waals surface area contributed by atoms with Gasteiger partial charge in [-0.15, -0.1) is 12.4 Å². The molecule has 0 aromatic heterocycles. The van der Waals surface area contributed by atoms with Gasteiger partial charge in [0.25, 0.3) is 0 Å². The van der Waals surface area contributed by atoms with Crippen molar-refractivity contribution in [3.8, 4) is 11.5 Å². The second-order valence-corrected chi connectivity index (χ2v) is 4.77. The van der Waals surface area contributed by atoms with Crippen LogP contribution in [0.15, 0.2) is 18.2 Å². The summed E-state index contributed by atoms with van der Waals surface area (Å²) in [5, 5.41) is 9.63. The monoisotopic (exact) mass is 245 g/mol. The van der Waals surface area contributed by atoms with Crippen LogP contribution < -0.4 is 10.5 Å². The predicted molar refractivity (Wildman–Crippen MR) is 68.3 cm³/mol. The Morgan fingerprint density at radius 3 is 2.25 bits per heavy atom. The highest BCUT2D eigenvalue weighted by atomic mass is 35.5. The zero-order valence-corrected chi connectivity index (χ0v) is 11.0. The van der Waals surface area contributed by atoms with Crippen LogP contribution in [-0.2, 0) is 0 Å². The summed E-state index contributed by atoms with van der Waals surface area (Å²) < 4.78 is 4.97. The molecule has 4 heteroatoms. The Morgan fingerprint density at radius 2 is 1.88 bits per heavy atom. The summed E-state index contributed by atoms with van der Waals surface area (Å²) >= 11 is 0. The quantitative estimate of drug-likeness (QED) is 0.843. The number of phenols is 1. The van der Waals surface area contributed by atoms with E-state index in [4.69, 9.17) is 10.5 Å². The Hall–Kier alpha value is -0.930. The molecule has 0 aliphatic rings. The second kappa shape index (κ2) is 5.41. The molecule has 0 saturated heterocycles. The van der Waals surface area contributed by atoms with E-state index in [0.29, 0.717) is 5.75 Å². The van der Waals surface area contributed by atoms with Gasteiger partial charge in [0.15, 0.2) is 11.5 Å². The van der Waals surface area contributed by atoms with E-state index >= 15 is 0 Å². The van der Waals surface area contributed by atoms with Gasteiger partial charge in [0, 0.05) is 6.04 Å². The van der Waals surface area contributed by atoms with E-state index in [1.165, 1.54) is 7.11 Å². The summed E-state index contributed by atoms with van der Waals surface area (Å²) in [6.45, 7) is 6.21. The maximum atomic E-state index is 9.63. The highest BCUT2D eigenvalue weighted by Gasteiger charge is 2.22. The van der Waals surface area contributed by atoms with E-state index in [2.05, 4.69) is 20.8 Å². The highest BCUT2D eigenvalue weighted by molar-refractivity contribution is 5.85. The number of benzene rings is 1. The van der Waals surface area contributed by atoms with Gasteiger partial charge in [-0.2, -0.15) is 0 Å². The number of aromatic hydroxyl groups is 1. The normalized spacial score (nSPS) is 12.8. The van der Waals surface area contributed by atoms with Crippen molar-refractivity contribution in [3.05, 3.63) is 23.8 Å². The van der Waals surface area contributed by atoms with Gasteiger partial charge in [0.05, 0.1) is 7.11 Å². The van der Waals surface area contributed by atoms with E-state index in [0.717, 1.165) is 5.56 Å². The fourth-order valence-electron chi connectivity index (χ4n) is 1.40.